The van der Waals surface area contributed by atoms with Gasteiger partial charge >= 0.3 is 0 Å². The third-order valence-electron chi connectivity index (χ3n) is 2.66. The summed E-state index contributed by atoms with van der Waals surface area (Å²) in [5, 5.41) is 20.5. The van der Waals surface area contributed by atoms with E-state index >= 15 is 0 Å². The zero-order valence-corrected chi connectivity index (χ0v) is 8.55. The van der Waals surface area contributed by atoms with E-state index in [2.05, 4.69) is 15.5 Å². The molecule has 2 aromatic rings. The summed E-state index contributed by atoms with van der Waals surface area (Å²) in [6.07, 6.45) is 0. The fourth-order valence-corrected chi connectivity index (χ4v) is 1.62. The van der Waals surface area contributed by atoms with Gasteiger partial charge < -0.3 is 14.8 Å². The highest BCUT2D eigenvalue weighted by atomic mass is 16.4. The van der Waals surface area contributed by atoms with Gasteiger partial charge in [-0.05, 0) is 18.2 Å². The smallest absolute Gasteiger partial charge is 0.247 e. The van der Waals surface area contributed by atoms with E-state index < -0.39 is 0 Å². The Morgan fingerprint density at radius 2 is 2.19 bits per heavy atom. The first-order valence-electron chi connectivity index (χ1n) is 5.16. The summed E-state index contributed by atoms with van der Waals surface area (Å²) in [6, 6.07) is 6.79. The Labute approximate surface area is 92.1 Å². The van der Waals surface area contributed by atoms with Crippen LogP contribution in [0.4, 0.5) is 0 Å². The minimum Gasteiger partial charge on any atom is -0.508 e. The summed E-state index contributed by atoms with van der Waals surface area (Å²) in [6.45, 7) is 1.78. The zero-order valence-electron chi connectivity index (χ0n) is 8.55. The van der Waals surface area contributed by atoms with Gasteiger partial charge in [0.15, 0.2) is 0 Å². The number of aromatic nitrogens is 2. The third-order valence-corrected chi connectivity index (χ3v) is 2.66. The summed E-state index contributed by atoms with van der Waals surface area (Å²) in [4.78, 5) is 0. The number of rotatable bonds is 2. The lowest BCUT2D eigenvalue weighted by Crippen LogP contribution is -2.40. The molecule has 0 bridgehead atoms. The van der Waals surface area contributed by atoms with Crippen molar-refractivity contribution in [2.45, 2.75) is 5.92 Å². The van der Waals surface area contributed by atoms with Crippen molar-refractivity contribution in [3.05, 3.63) is 30.2 Å². The van der Waals surface area contributed by atoms with Crippen molar-refractivity contribution in [2.24, 2.45) is 0 Å². The van der Waals surface area contributed by atoms with Crippen LogP contribution in [-0.4, -0.2) is 28.4 Å². The van der Waals surface area contributed by atoms with Crippen molar-refractivity contribution < 1.29 is 9.52 Å². The van der Waals surface area contributed by atoms with E-state index in [-0.39, 0.29) is 5.75 Å². The molecule has 1 aromatic heterocycles. The number of aromatic hydroxyl groups is 1. The summed E-state index contributed by atoms with van der Waals surface area (Å²) in [5.74, 6) is 1.65. The van der Waals surface area contributed by atoms with Crippen LogP contribution in [0.15, 0.2) is 28.7 Å². The van der Waals surface area contributed by atoms with Gasteiger partial charge in [0.25, 0.3) is 0 Å². The highest BCUT2D eigenvalue weighted by Gasteiger charge is 2.24. The van der Waals surface area contributed by atoms with E-state index in [9.17, 15) is 5.11 Å². The fourth-order valence-electron chi connectivity index (χ4n) is 1.62. The Balaban J connectivity index is 1.91. The van der Waals surface area contributed by atoms with Crippen LogP contribution in [0.3, 0.4) is 0 Å². The molecule has 0 aliphatic carbocycles. The maximum Gasteiger partial charge on any atom is 0.247 e. The Kier molecular flexibility index (Phi) is 2.11. The molecule has 16 heavy (non-hydrogen) atoms. The monoisotopic (exact) mass is 217 g/mol. The van der Waals surface area contributed by atoms with Gasteiger partial charge in [0.2, 0.25) is 11.8 Å². The normalized spacial score (nSPS) is 16.0. The Morgan fingerprint density at radius 1 is 1.31 bits per heavy atom. The molecule has 0 unspecified atom stereocenters. The molecule has 1 aliphatic rings. The number of phenols is 1. The largest absolute Gasteiger partial charge is 0.508 e. The summed E-state index contributed by atoms with van der Waals surface area (Å²) in [5.41, 5.74) is 0.742. The van der Waals surface area contributed by atoms with Crippen LogP contribution in [0.1, 0.15) is 11.8 Å². The van der Waals surface area contributed by atoms with Gasteiger partial charge in [-0.1, -0.05) is 6.07 Å². The van der Waals surface area contributed by atoms with E-state index in [4.69, 9.17) is 4.42 Å². The predicted molar refractivity (Wildman–Crippen MR) is 57.0 cm³/mol. The van der Waals surface area contributed by atoms with Crippen LogP contribution in [0.2, 0.25) is 0 Å². The lowest BCUT2D eigenvalue weighted by Gasteiger charge is -2.22. The molecule has 2 N–H and O–H groups in total. The van der Waals surface area contributed by atoms with Crippen molar-refractivity contribution in [1.82, 2.24) is 15.5 Å². The lowest BCUT2D eigenvalue weighted by atomic mass is 10.0. The Morgan fingerprint density at radius 3 is 2.88 bits per heavy atom. The second kappa shape index (κ2) is 3.61. The van der Waals surface area contributed by atoms with Crippen LogP contribution in [-0.2, 0) is 0 Å². The quantitative estimate of drug-likeness (QED) is 0.789. The highest BCUT2D eigenvalue weighted by molar-refractivity contribution is 5.55. The minimum atomic E-state index is 0.197. The molecule has 0 radical (unpaired) electrons. The van der Waals surface area contributed by atoms with Crippen molar-refractivity contribution in [2.75, 3.05) is 13.1 Å². The molecule has 1 aromatic carbocycles. The molecule has 0 spiro atoms. The van der Waals surface area contributed by atoms with Crippen LogP contribution in [0.5, 0.6) is 5.75 Å². The first-order chi connectivity index (χ1) is 7.83. The van der Waals surface area contributed by atoms with Crippen LogP contribution in [0, 0.1) is 0 Å². The molecule has 82 valence electrons. The van der Waals surface area contributed by atoms with Crippen molar-refractivity contribution >= 4 is 0 Å². The lowest BCUT2D eigenvalue weighted by molar-refractivity contribution is 0.361. The fraction of sp³-hybridized carbons (Fsp3) is 0.273. The van der Waals surface area contributed by atoms with Crippen molar-refractivity contribution in [3.63, 3.8) is 0 Å². The molecular weight excluding hydrogens is 206 g/mol. The van der Waals surface area contributed by atoms with E-state index in [0.717, 1.165) is 18.7 Å². The highest BCUT2D eigenvalue weighted by Crippen LogP contribution is 2.25. The maximum atomic E-state index is 9.35. The van der Waals surface area contributed by atoms with Gasteiger partial charge in [-0.15, -0.1) is 10.2 Å². The van der Waals surface area contributed by atoms with Crippen molar-refractivity contribution in [1.29, 1.82) is 0 Å². The van der Waals surface area contributed by atoms with Gasteiger partial charge in [-0.25, -0.2) is 0 Å². The Hall–Kier alpha value is -1.88. The van der Waals surface area contributed by atoms with Gasteiger partial charge in [0.05, 0.1) is 5.92 Å². The molecule has 5 nitrogen and oxygen atoms in total. The molecule has 0 saturated carbocycles. The number of nitrogens with one attached hydrogen (secondary N) is 1. The first-order valence-corrected chi connectivity index (χ1v) is 5.16. The van der Waals surface area contributed by atoms with E-state index in [0.29, 0.717) is 17.7 Å². The van der Waals surface area contributed by atoms with Gasteiger partial charge in [-0.2, -0.15) is 0 Å². The maximum absolute atomic E-state index is 9.35. The minimum absolute atomic E-state index is 0.197. The van der Waals surface area contributed by atoms with Gasteiger partial charge in [-0.3, -0.25) is 0 Å². The molecule has 0 amide bonds. The molecule has 1 saturated heterocycles. The molecule has 5 heteroatoms. The summed E-state index contributed by atoms with van der Waals surface area (Å²) < 4.78 is 5.56. The van der Waals surface area contributed by atoms with E-state index in [1.165, 1.54) is 0 Å². The average Bonchev–Trinajstić information content (AvgIpc) is 2.64. The molecule has 1 aliphatic heterocycles. The van der Waals surface area contributed by atoms with Gasteiger partial charge in [0, 0.05) is 18.7 Å². The van der Waals surface area contributed by atoms with Crippen LogP contribution < -0.4 is 5.32 Å². The van der Waals surface area contributed by atoms with E-state index in [1.807, 2.05) is 6.07 Å². The first kappa shape index (κ1) is 9.35. The standard InChI is InChI=1S/C11H11N3O2/c15-9-3-1-2-7(4-9)10-13-14-11(16-10)8-5-12-6-8/h1-4,8,12,15H,5-6H2. The molecule has 1 fully saturated rings. The molecular formula is C11H11N3O2. The van der Waals surface area contributed by atoms with E-state index in [1.54, 1.807) is 18.2 Å². The van der Waals surface area contributed by atoms with Crippen molar-refractivity contribution in [3.8, 4) is 17.2 Å². The summed E-state index contributed by atoms with van der Waals surface area (Å²) >= 11 is 0. The SMILES string of the molecule is Oc1cccc(-c2nnc(C3CNC3)o2)c1. The summed E-state index contributed by atoms with van der Waals surface area (Å²) in [7, 11) is 0. The predicted octanol–water partition coefficient (Wildman–Crippen LogP) is 1.13. The topological polar surface area (TPSA) is 71.2 Å². The molecule has 2 heterocycles. The molecule has 0 atom stereocenters. The third kappa shape index (κ3) is 1.55. The van der Waals surface area contributed by atoms with Gasteiger partial charge in [0.1, 0.15) is 5.75 Å². The number of hydrogen-bond donors (Lipinski definition) is 2. The van der Waals surface area contributed by atoms with Crippen LogP contribution in [0.25, 0.3) is 11.5 Å². The zero-order chi connectivity index (χ0) is 11.0. The Bertz CT molecular complexity index is 505. The second-order valence-corrected chi connectivity index (χ2v) is 3.85. The number of hydrogen-bond acceptors (Lipinski definition) is 5. The second-order valence-electron chi connectivity index (χ2n) is 3.85. The number of phenolic OH excluding ortho intramolecular Hbond substituents is 1. The number of nitrogens with zero attached hydrogens (tertiary/aromatic N) is 2. The number of benzene rings is 1. The molecule has 3 rings (SSSR count). The van der Waals surface area contributed by atoms with Crippen LogP contribution >= 0.6 is 0 Å². The average molecular weight is 217 g/mol.